The van der Waals surface area contributed by atoms with E-state index in [0.29, 0.717) is 18.4 Å². The van der Waals surface area contributed by atoms with Crippen molar-refractivity contribution < 1.29 is 13.6 Å². The van der Waals surface area contributed by atoms with Gasteiger partial charge in [0.25, 0.3) is 0 Å². The van der Waals surface area contributed by atoms with E-state index in [9.17, 15) is 13.6 Å². The Morgan fingerprint density at radius 3 is 2.52 bits per heavy atom. The molecule has 1 unspecified atom stereocenters. The highest BCUT2D eigenvalue weighted by Gasteiger charge is 2.43. The van der Waals surface area contributed by atoms with Crippen molar-refractivity contribution in [3.63, 3.8) is 0 Å². The van der Waals surface area contributed by atoms with E-state index in [1.807, 2.05) is 6.92 Å². The Hall–Kier alpha value is -2.30. The Morgan fingerprint density at radius 2 is 1.84 bits per heavy atom. The van der Waals surface area contributed by atoms with Crippen molar-refractivity contribution in [1.82, 2.24) is 10.2 Å². The number of aryl methyl sites for hydroxylation is 1. The van der Waals surface area contributed by atoms with E-state index < -0.39 is 17.6 Å². The molecule has 0 saturated heterocycles. The van der Waals surface area contributed by atoms with Gasteiger partial charge in [-0.3, -0.25) is 9.89 Å². The highest BCUT2D eigenvalue weighted by Crippen LogP contribution is 2.50. The van der Waals surface area contributed by atoms with Gasteiger partial charge in [-0.1, -0.05) is 25.5 Å². The maximum absolute atomic E-state index is 14.6. The Bertz CT molecular complexity index is 904. The van der Waals surface area contributed by atoms with Crippen molar-refractivity contribution in [2.24, 2.45) is 5.41 Å². The van der Waals surface area contributed by atoms with Crippen LogP contribution >= 0.6 is 0 Å². The molecule has 0 fully saturated rings. The molecule has 5 heteroatoms. The number of nitrogens with one attached hydrogen (secondary N) is 1. The number of aromatic nitrogens is 2. The molecule has 2 aliphatic rings. The van der Waals surface area contributed by atoms with Gasteiger partial charge in [0.05, 0.1) is 5.69 Å². The first-order valence-electron chi connectivity index (χ1n) is 8.51. The maximum Gasteiger partial charge on any atom is 0.160 e. The van der Waals surface area contributed by atoms with Gasteiger partial charge in [-0.15, -0.1) is 0 Å². The van der Waals surface area contributed by atoms with E-state index in [-0.39, 0.29) is 16.8 Å². The van der Waals surface area contributed by atoms with Crippen LogP contribution in [0, 0.1) is 24.0 Å². The lowest BCUT2D eigenvalue weighted by molar-refractivity contribution is -0.118. The van der Waals surface area contributed by atoms with Crippen molar-refractivity contribution >= 4 is 5.78 Å². The number of ketones is 1. The van der Waals surface area contributed by atoms with Crippen molar-refractivity contribution in [1.29, 1.82) is 0 Å². The van der Waals surface area contributed by atoms with E-state index in [2.05, 4.69) is 24.0 Å². The first-order valence-corrected chi connectivity index (χ1v) is 8.51. The molecule has 1 heterocycles. The quantitative estimate of drug-likeness (QED) is 0.836. The van der Waals surface area contributed by atoms with Gasteiger partial charge in [0.15, 0.2) is 5.78 Å². The predicted octanol–water partition coefficient (Wildman–Crippen LogP) is 4.37. The minimum Gasteiger partial charge on any atom is -0.294 e. The summed E-state index contributed by atoms with van der Waals surface area (Å²) in [6, 6.07) is 3.85. The zero-order valence-corrected chi connectivity index (χ0v) is 14.5. The third-order valence-electron chi connectivity index (χ3n) is 5.33. The van der Waals surface area contributed by atoms with E-state index in [0.717, 1.165) is 28.9 Å². The second-order valence-corrected chi connectivity index (χ2v) is 7.91. The second-order valence-electron chi connectivity index (χ2n) is 7.91. The summed E-state index contributed by atoms with van der Waals surface area (Å²) in [6.07, 6.45) is 1.70. The van der Waals surface area contributed by atoms with Gasteiger partial charge in [0.1, 0.15) is 11.6 Å². The largest absolute Gasteiger partial charge is 0.294 e. The van der Waals surface area contributed by atoms with Gasteiger partial charge >= 0.3 is 0 Å². The maximum atomic E-state index is 14.6. The fraction of sp³-hybridized carbons (Fsp3) is 0.400. The van der Waals surface area contributed by atoms with Gasteiger partial charge in [-0.2, -0.15) is 5.10 Å². The second kappa shape index (κ2) is 5.35. The van der Waals surface area contributed by atoms with Crippen LogP contribution in [0.25, 0.3) is 0 Å². The number of allylic oxidation sites excluding steroid dienone is 2. The Labute approximate surface area is 145 Å². The molecule has 1 atom stereocenters. The summed E-state index contributed by atoms with van der Waals surface area (Å²) >= 11 is 0. The number of carbonyl (C=O) groups is 1. The third kappa shape index (κ3) is 2.44. The molecule has 130 valence electrons. The SMILES string of the molecule is Cc1[nH]nc2c1C(c1c(F)cccc1F)C1=C(C2)CC(C)(C)CC1=O. The standard InChI is InChI=1S/C20H20F2N2O/c1-10-16-14(24-23-10)7-11-8-20(2,3)9-15(25)17(11)19(16)18-12(21)5-4-6-13(18)22/h4-6,19H,7-9H2,1-3H3,(H,23,24). The first-order chi connectivity index (χ1) is 11.8. The Balaban J connectivity index is 2.00. The molecule has 0 amide bonds. The van der Waals surface area contributed by atoms with Gasteiger partial charge in [0.2, 0.25) is 0 Å². The zero-order chi connectivity index (χ0) is 17.9. The van der Waals surface area contributed by atoms with Crippen molar-refractivity contribution in [2.75, 3.05) is 0 Å². The summed E-state index contributed by atoms with van der Waals surface area (Å²) in [7, 11) is 0. The molecule has 0 radical (unpaired) electrons. The molecule has 3 nitrogen and oxygen atoms in total. The molecule has 0 aliphatic heterocycles. The molecular weight excluding hydrogens is 322 g/mol. The molecule has 1 N–H and O–H groups in total. The van der Waals surface area contributed by atoms with Gasteiger partial charge in [-0.25, -0.2) is 8.78 Å². The lowest BCUT2D eigenvalue weighted by atomic mass is 9.65. The van der Waals surface area contributed by atoms with E-state index in [1.165, 1.54) is 18.2 Å². The number of hydrogen-bond acceptors (Lipinski definition) is 2. The number of rotatable bonds is 1. The van der Waals surface area contributed by atoms with Crippen LogP contribution in [0.5, 0.6) is 0 Å². The highest BCUT2D eigenvalue weighted by atomic mass is 19.1. The Morgan fingerprint density at radius 1 is 1.16 bits per heavy atom. The molecule has 0 bridgehead atoms. The smallest absolute Gasteiger partial charge is 0.160 e. The summed E-state index contributed by atoms with van der Waals surface area (Å²) in [6.45, 7) is 5.94. The number of nitrogens with zero attached hydrogens (tertiary/aromatic N) is 1. The predicted molar refractivity (Wildman–Crippen MR) is 90.3 cm³/mol. The molecule has 0 saturated carbocycles. The normalized spacial score (nSPS) is 22.0. The van der Waals surface area contributed by atoms with Crippen LogP contribution in [-0.2, 0) is 11.2 Å². The number of aromatic amines is 1. The number of carbonyl (C=O) groups excluding carboxylic acids is 1. The lowest BCUT2D eigenvalue weighted by Gasteiger charge is -2.38. The average Bonchev–Trinajstić information content (AvgIpc) is 2.86. The van der Waals surface area contributed by atoms with Crippen molar-refractivity contribution in [3.8, 4) is 0 Å². The molecule has 25 heavy (non-hydrogen) atoms. The van der Waals surface area contributed by atoms with Crippen LogP contribution in [0.3, 0.4) is 0 Å². The van der Waals surface area contributed by atoms with Crippen LogP contribution in [0.2, 0.25) is 0 Å². The van der Waals surface area contributed by atoms with Gasteiger partial charge < -0.3 is 0 Å². The minimum absolute atomic E-state index is 0.00912. The van der Waals surface area contributed by atoms with Gasteiger partial charge in [-0.05, 0) is 30.9 Å². The number of H-pyrrole nitrogens is 1. The molecule has 0 spiro atoms. The summed E-state index contributed by atoms with van der Waals surface area (Å²) in [5.74, 6) is -1.97. The fourth-order valence-corrected chi connectivity index (χ4v) is 4.41. The summed E-state index contributed by atoms with van der Waals surface area (Å²) in [5, 5.41) is 7.27. The molecule has 4 rings (SSSR count). The first kappa shape index (κ1) is 16.2. The lowest BCUT2D eigenvalue weighted by Crippen LogP contribution is -2.32. The average molecular weight is 342 g/mol. The van der Waals surface area contributed by atoms with E-state index in [4.69, 9.17) is 0 Å². The van der Waals surface area contributed by atoms with Crippen LogP contribution < -0.4 is 0 Å². The van der Waals surface area contributed by atoms with Crippen LogP contribution in [0.15, 0.2) is 29.3 Å². The molecule has 2 aliphatic carbocycles. The molecular formula is C20H20F2N2O. The number of Topliss-reactive ketones (excluding diaryl/α,β-unsaturated/α-hetero) is 1. The fourth-order valence-electron chi connectivity index (χ4n) is 4.41. The van der Waals surface area contributed by atoms with Crippen LogP contribution in [0.4, 0.5) is 8.78 Å². The molecule has 2 aromatic rings. The number of fused-ring (bicyclic) bond motifs is 1. The van der Waals surface area contributed by atoms with Crippen molar-refractivity contribution in [2.45, 2.75) is 46.0 Å². The molecule has 1 aromatic heterocycles. The summed E-state index contributed by atoms with van der Waals surface area (Å²) < 4.78 is 29.2. The van der Waals surface area contributed by atoms with E-state index in [1.54, 1.807) is 0 Å². The molecule has 1 aromatic carbocycles. The van der Waals surface area contributed by atoms with Crippen LogP contribution in [0.1, 0.15) is 55.1 Å². The third-order valence-corrected chi connectivity index (χ3v) is 5.33. The summed E-state index contributed by atoms with van der Waals surface area (Å²) in [5.41, 5.74) is 3.63. The minimum atomic E-state index is -0.720. The number of halogens is 2. The number of benzene rings is 1. The number of hydrogen-bond donors (Lipinski definition) is 1. The Kier molecular flexibility index (Phi) is 3.46. The topological polar surface area (TPSA) is 45.8 Å². The van der Waals surface area contributed by atoms with Crippen molar-refractivity contribution in [3.05, 3.63) is 63.5 Å². The zero-order valence-electron chi connectivity index (χ0n) is 14.5. The summed E-state index contributed by atoms with van der Waals surface area (Å²) in [4.78, 5) is 13.0. The highest BCUT2D eigenvalue weighted by molar-refractivity contribution is 6.00. The van der Waals surface area contributed by atoms with E-state index >= 15 is 0 Å². The van der Waals surface area contributed by atoms with Gasteiger partial charge in [0, 0.05) is 41.2 Å². The van der Waals surface area contributed by atoms with Crippen LogP contribution in [-0.4, -0.2) is 16.0 Å². The monoisotopic (exact) mass is 342 g/mol.